The molecule has 2 aromatic carbocycles. The third-order valence-electron chi connectivity index (χ3n) is 4.65. The van der Waals surface area contributed by atoms with Gasteiger partial charge < -0.3 is 15.0 Å². The molecule has 0 atom stereocenters. The number of rotatable bonds is 8. The van der Waals surface area contributed by atoms with Crippen LogP contribution in [0.3, 0.4) is 0 Å². The molecule has 0 radical (unpaired) electrons. The number of ether oxygens (including phenoxy) is 1. The van der Waals surface area contributed by atoms with E-state index in [2.05, 4.69) is 5.32 Å². The largest absolute Gasteiger partial charge is 0.380 e. The topological polar surface area (TPSA) is 58.6 Å². The molecule has 0 aliphatic rings. The molecule has 30 heavy (non-hydrogen) atoms. The zero-order valence-electron chi connectivity index (χ0n) is 16.7. The molecule has 3 rings (SSSR count). The second-order valence-electron chi connectivity index (χ2n) is 6.68. The van der Waals surface area contributed by atoms with Gasteiger partial charge in [-0.25, -0.2) is 4.39 Å². The van der Waals surface area contributed by atoms with E-state index in [1.807, 2.05) is 12.1 Å². The number of thiophene rings is 1. The summed E-state index contributed by atoms with van der Waals surface area (Å²) in [6.07, 6.45) is 0. The predicted octanol–water partition coefficient (Wildman–Crippen LogP) is 4.62. The van der Waals surface area contributed by atoms with Gasteiger partial charge in [0, 0.05) is 40.9 Å². The number of halogens is 2. The van der Waals surface area contributed by atoms with E-state index in [0.29, 0.717) is 38.6 Å². The molecule has 3 aromatic rings. The van der Waals surface area contributed by atoms with Crippen molar-refractivity contribution in [3.63, 3.8) is 0 Å². The zero-order valence-corrected chi connectivity index (χ0v) is 18.3. The first kappa shape index (κ1) is 22.2. The van der Waals surface area contributed by atoms with E-state index < -0.39 is 5.82 Å². The highest BCUT2D eigenvalue weighted by molar-refractivity contribution is 7.21. The first-order valence-electron chi connectivity index (χ1n) is 9.43. The summed E-state index contributed by atoms with van der Waals surface area (Å²) in [5.74, 6) is -0.980. The van der Waals surface area contributed by atoms with Gasteiger partial charge in [0.2, 0.25) is 5.91 Å². The molecule has 5 nitrogen and oxygen atoms in total. The quantitative estimate of drug-likeness (QED) is 0.547. The molecular formula is C22H22ClFN2O3S. The Morgan fingerprint density at radius 2 is 1.93 bits per heavy atom. The van der Waals surface area contributed by atoms with Crippen molar-refractivity contribution in [1.82, 2.24) is 10.2 Å². The third kappa shape index (κ3) is 4.98. The average molecular weight is 449 g/mol. The van der Waals surface area contributed by atoms with Gasteiger partial charge in [0.25, 0.3) is 5.91 Å². The van der Waals surface area contributed by atoms with E-state index in [4.69, 9.17) is 16.3 Å². The van der Waals surface area contributed by atoms with Crippen molar-refractivity contribution in [1.29, 1.82) is 0 Å². The number of hydrogen-bond donors (Lipinski definition) is 1. The molecule has 1 aromatic heterocycles. The number of carbonyl (C=O) groups is 2. The van der Waals surface area contributed by atoms with Gasteiger partial charge in [0.15, 0.2) is 0 Å². The lowest BCUT2D eigenvalue weighted by atomic mass is 10.1. The van der Waals surface area contributed by atoms with Crippen molar-refractivity contribution < 1.29 is 18.7 Å². The SMILES string of the molecule is CCN(CC(=O)NCc1ccc(Cl)cc1)C(=O)c1sc2cccc(F)c2c1COC. The van der Waals surface area contributed by atoms with E-state index >= 15 is 0 Å². The summed E-state index contributed by atoms with van der Waals surface area (Å²) >= 11 is 7.08. The third-order valence-corrected chi connectivity index (χ3v) is 6.09. The maximum absolute atomic E-state index is 14.4. The lowest BCUT2D eigenvalue weighted by molar-refractivity contribution is -0.121. The summed E-state index contributed by atoms with van der Waals surface area (Å²) in [4.78, 5) is 27.4. The summed E-state index contributed by atoms with van der Waals surface area (Å²) < 4.78 is 20.3. The molecule has 0 unspecified atom stereocenters. The summed E-state index contributed by atoms with van der Waals surface area (Å²) in [5.41, 5.74) is 1.42. The van der Waals surface area contributed by atoms with E-state index in [-0.39, 0.29) is 25.0 Å². The van der Waals surface area contributed by atoms with Gasteiger partial charge in [-0.3, -0.25) is 9.59 Å². The maximum Gasteiger partial charge on any atom is 0.264 e. The molecule has 2 amide bonds. The number of nitrogens with zero attached hydrogens (tertiary/aromatic N) is 1. The number of likely N-dealkylation sites (N-methyl/N-ethyl adjacent to an activating group) is 1. The summed E-state index contributed by atoms with van der Waals surface area (Å²) in [5, 5.41) is 3.83. The van der Waals surface area contributed by atoms with Crippen molar-refractivity contribution in [3.05, 3.63) is 69.3 Å². The predicted molar refractivity (Wildman–Crippen MR) is 117 cm³/mol. The molecule has 1 heterocycles. The van der Waals surface area contributed by atoms with Crippen molar-refractivity contribution in [2.45, 2.75) is 20.1 Å². The molecule has 0 aliphatic heterocycles. The minimum atomic E-state index is -0.390. The molecule has 0 spiro atoms. The summed E-state index contributed by atoms with van der Waals surface area (Å²) in [7, 11) is 1.50. The Bertz CT molecular complexity index is 1050. The van der Waals surface area contributed by atoms with Gasteiger partial charge in [-0.1, -0.05) is 29.8 Å². The van der Waals surface area contributed by atoms with Crippen molar-refractivity contribution >= 4 is 44.8 Å². The summed E-state index contributed by atoms with van der Waals surface area (Å²) in [6.45, 7) is 2.50. The van der Waals surface area contributed by atoms with Gasteiger partial charge in [-0.05, 0) is 36.8 Å². The Labute approximate surface area is 183 Å². The lowest BCUT2D eigenvalue weighted by Gasteiger charge is -2.20. The highest BCUT2D eigenvalue weighted by Crippen LogP contribution is 2.34. The normalized spacial score (nSPS) is 10.9. The van der Waals surface area contributed by atoms with Crippen LogP contribution in [0.4, 0.5) is 4.39 Å². The van der Waals surface area contributed by atoms with Crippen LogP contribution in [0.5, 0.6) is 0 Å². The highest BCUT2D eigenvalue weighted by Gasteiger charge is 2.25. The first-order valence-corrected chi connectivity index (χ1v) is 10.6. The van der Waals surface area contributed by atoms with E-state index in [1.165, 1.54) is 29.4 Å². The highest BCUT2D eigenvalue weighted by atomic mass is 35.5. The monoisotopic (exact) mass is 448 g/mol. The van der Waals surface area contributed by atoms with Gasteiger partial charge in [-0.15, -0.1) is 11.3 Å². The van der Waals surface area contributed by atoms with Crippen LogP contribution in [-0.4, -0.2) is 36.9 Å². The van der Waals surface area contributed by atoms with E-state index in [1.54, 1.807) is 31.2 Å². The molecule has 1 N–H and O–H groups in total. The van der Waals surface area contributed by atoms with Gasteiger partial charge in [0.05, 0.1) is 18.0 Å². The van der Waals surface area contributed by atoms with Crippen molar-refractivity contribution in [2.75, 3.05) is 20.2 Å². The molecule has 0 bridgehead atoms. The number of amides is 2. The van der Waals surface area contributed by atoms with Crippen LogP contribution in [-0.2, 0) is 22.7 Å². The number of nitrogens with one attached hydrogen (secondary N) is 1. The molecule has 0 aliphatic carbocycles. The lowest BCUT2D eigenvalue weighted by Crippen LogP contribution is -2.40. The minimum Gasteiger partial charge on any atom is -0.380 e. The number of carbonyl (C=O) groups excluding carboxylic acids is 2. The van der Waals surface area contributed by atoms with E-state index in [9.17, 15) is 14.0 Å². The van der Waals surface area contributed by atoms with Crippen LogP contribution in [0.15, 0.2) is 42.5 Å². The van der Waals surface area contributed by atoms with Crippen LogP contribution in [0.25, 0.3) is 10.1 Å². The molecular weight excluding hydrogens is 427 g/mol. The molecule has 0 saturated heterocycles. The Morgan fingerprint density at radius 3 is 2.60 bits per heavy atom. The van der Waals surface area contributed by atoms with Crippen LogP contribution >= 0.6 is 22.9 Å². The second-order valence-corrected chi connectivity index (χ2v) is 8.17. The van der Waals surface area contributed by atoms with Crippen molar-refractivity contribution in [3.8, 4) is 0 Å². The Morgan fingerprint density at radius 1 is 1.20 bits per heavy atom. The number of hydrogen-bond acceptors (Lipinski definition) is 4. The number of benzene rings is 2. The minimum absolute atomic E-state index is 0.0912. The molecule has 158 valence electrons. The average Bonchev–Trinajstić information content (AvgIpc) is 3.11. The fourth-order valence-electron chi connectivity index (χ4n) is 3.13. The van der Waals surface area contributed by atoms with Crippen LogP contribution in [0.2, 0.25) is 5.02 Å². The Hall–Kier alpha value is -2.48. The Balaban J connectivity index is 1.75. The fourth-order valence-corrected chi connectivity index (χ4v) is 4.44. The van der Waals surface area contributed by atoms with E-state index in [0.717, 1.165) is 5.56 Å². The van der Waals surface area contributed by atoms with Crippen LogP contribution < -0.4 is 5.32 Å². The van der Waals surface area contributed by atoms with Gasteiger partial charge >= 0.3 is 0 Å². The van der Waals surface area contributed by atoms with Gasteiger partial charge in [0.1, 0.15) is 5.82 Å². The van der Waals surface area contributed by atoms with Gasteiger partial charge in [-0.2, -0.15) is 0 Å². The Kier molecular flexibility index (Phi) is 7.42. The van der Waals surface area contributed by atoms with Crippen LogP contribution in [0, 0.1) is 5.82 Å². The molecule has 8 heteroatoms. The number of methoxy groups -OCH3 is 1. The maximum atomic E-state index is 14.4. The smallest absolute Gasteiger partial charge is 0.264 e. The molecule has 0 fully saturated rings. The zero-order chi connectivity index (χ0) is 21.7. The fraction of sp³-hybridized carbons (Fsp3) is 0.273. The molecule has 0 saturated carbocycles. The second kappa shape index (κ2) is 10.0. The summed E-state index contributed by atoms with van der Waals surface area (Å²) in [6, 6.07) is 11.9. The van der Waals surface area contributed by atoms with Crippen molar-refractivity contribution in [2.24, 2.45) is 0 Å². The van der Waals surface area contributed by atoms with Crippen LogP contribution in [0.1, 0.15) is 27.7 Å². The standard InChI is InChI=1S/C22H22ClFN2O3S/c1-3-26(12-19(27)25-11-14-7-9-15(23)10-8-14)22(28)21-16(13-29-2)20-17(24)5-4-6-18(20)30-21/h4-10H,3,11-13H2,1-2H3,(H,25,27). The number of fused-ring (bicyclic) bond motifs is 1. The first-order chi connectivity index (χ1) is 14.4.